The molecule has 1 rings (SSSR count). The van der Waals surface area contributed by atoms with E-state index in [9.17, 15) is 4.79 Å². The second-order valence-corrected chi connectivity index (χ2v) is 2.60. The van der Waals surface area contributed by atoms with Crippen molar-refractivity contribution in [3.63, 3.8) is 0 Å². The van der Waals surface area contributed by atoms with Gasteiger partial charge in [-0.15, -0.1) is 5.92 Å². The molecule has 1 heterocycles. The zero-order valence-corrected chi connectivity index (χ0v) is 7.43. The first-order chi connectivity index (χ1) is 5.79. The smallest absolute Gasteiger partial charge is 0.166 e. The van der Waals surface area contributed by atoms with E-state index in [2.05, 4.69) is 11.8 Å². The molecular weight excluding hydrogens is 174 g/mol. The zero-order chi connectivity index (χ0) is 8.97. The Balaban J connectivity index is 2.98. The molecule has 0 N–H and O–H groups in total. The minimum absolute atomic E-state index is 0.469. The van der Waals surface area contributed by atoms with Gasteiger partial charge in [-0.1, -0.05) is 17.5 Å². The van der Waals surface area contributed by atoms with Crippen LogP contribution in [0.5, 0.6) is 0 Å². The van der Waals surface area contributed by atoms with E-state index >= 15 is 0 Å². The van der Waals surface area contributed by atoms with Gasteiger partial charge in [-0.05, 0) is 19.1 Å². The first-order valence-corrected chi connectivity index (χ1v) is 3.87. The number of halogens is 1. The van der Waals surface area contributed by atoms with Crippen LogP contribution in [0.2, 0.25) is 5.15 Å². The standard InChI is InChI=1S/C9H8ClNO/c1-2-3-6-11-8(7-12)4-5-9(11)10/h4-5,7H,6H2,1H3. The summed E-state index contributed by atoms with van der Waals surface area (Å²) in [5.74, 6) is 5.57. The predicted octanol–water partition coefficient (Wildman–Crippen LogP) is 1.98. The average Bonchev–Trinajstić information content (AvgIpc) is 2.43. The zero-order valence-electron chi connectivity index (χ0n) is 6.67. The molecule has 2 nitrogen and oxygen atoms in total. The van der Waals surface area contributed by atoms with E-state index in [4.69, 9.17) is 11.6 Å². The van der Waals surface area contributed by atoms with Crippen molar-refractivity contribution in [1.29, 1.82) is 0 Å². The monoisotopic (exact) mass is 181 g/mol. The third kappa shape index (κ3) is 1.69. The molecule has 62 valence electrons. The Morgan fingerprint density at radius 1 is 1.67 bits per heavy atom. The van der Waals surface area contributed by atoms with Crippen LogP contribution in [0.4, 0.5) is 0 Å². The Bertz CT molecular complexity index is 343. The van der Waals surface area contributed by atoms with Crippen LogP contribution in [-0.2, 0) is 6.54 Å². The molecule has 12 heavy (non-hydrogen) atoms. The summed E-state index contributed by atoms with van der Waals surface area (Å²) in [6.07, 6.45) is 0.767. The van der Waals surface area contributed by atoms with Crippen LogP contribution >= 0.6 is 11.6 Å². The van der Waals surface area contributed by atoms with Crippen molar-refractivity contribution in [3.8, 4) is 11.8 Å². The molecule has 0 fully saturated rings. The lowest BCUT2D eigenvalue weighted by Gasteiger charge is -2.00. The van der Waals surface area contributed by atoms with Crippen LogP contribution in [0.3, 0.4) is 0 Å². The summed E-state index contributed by atoms with van der Waals surface area (Å²) in [5, 5.41) is 0.542. The Morgan fingerprint density at radius 2 is 2.42 bits per heavy atom. The summed E-state index contributed by atoms with van der Waals surface area (Å²) in [6, 6.07) is 3.36. The first kappa shape index (κ1) is 8.89. The van der Waals surface area contributed by atoms with E-state index in [0.29, 0.717) is 17.4 Å². The van der Waals surface area contributed by atoms with E-state index in [-0.39, 0.29) is 0 Å². The lowest BCUT2D eigenvalue weighted by molar-refractivity contribution is 0.111. The predicted molar refractivity (Wildman–Crippen MR) is 48.3 cm³/mol. The van der Waals surface area contributed by atoms with Crippen molar-refractivity contribution < 1.29 is 4.79 Å². The maximum Gasteiger partial charge on any atom is 0.166 e. The second kappa shape index (κ2) is 3.99. The summed E-state index contributed by atoms with van der Waals surface area (Å²) in [5.41, 5.74) is 0.558. The van der Waals surface area contributed by atoms with E-state index < -0.39 is 0 Å². The second-order valence-electron chi connectivity index (χ2n) is 2.21. The maximum absolute atomic E-state index is 10.5. The summed E-state index contributed by atoms with van der Waals surface area (Å²) in [6.45, 7) is 2.22. The number of carbonyl (C=O) groups excluding carboxylic acids is 1. The quantitative estimate of drug-likeness (QED) is 0.505. The molecule has 0 radical (unpaired) electrons. The SMILES string of the molecule is CC#CCn1c(Cl)ccc1C=O. The summed E-state index contributed by atoms with van der Waals surface area (Å²) in [4.78, 5) is 10.5. The third-order valence-corrected chi connectivity index (χ3v) is 1.83. The molecule has 0 bridgehead atoms. The molecule has 3 heteroatoms. The molecule has 0 aromatic carbocycles. The van der Waals surface area contributed by atoms with Gasteiger partial charge in [-0.2, -0.15) is 0 Å². The van der Waals surface area contributed by atoms with Crippen LogP contribution in [-0.4, -0.2) is 10.9 Å². The first-order valence-electron chi connectivity index (χ1n) is 3.49. The lowest BCUT2D eigenvalue weighted by Crippen LogP contribution is -2.00. The van der Waals surface area contributed by atoms with Crippen molar-refractivity contribution in [2.24, 2.45) is 0 Å². The van der Waals surface area contributed by atoms with Crippen molar-refractivity contribution >= 4 is 17.9 Å². The van der Waals surface area contributed by atoms with Crippen LogP contribution in [0.1, 0.15) is 17.4 Å². The number of aromatic nitrogens is 1. The van der Waals surface area contributed by atoms with Gasteiger partial charge in [-0.3, -0.25) is 4.79 Å². The van der Waals surface area contributed by atoms with Gasteiger partial charge in [0.05, 0.1) is 12.2 Å². The molecule has 1 aromatic heterocycles. The van der Waals surface area contributed by atoms with Crippen molar-refractivity contribution in [2.45, 2.75) is 13.5 Å². The van der Waals surface area contributed by atoms with Gasteiger partial charge >= 0.3 is 0 Å². The van der Waals surface area contributed by atoms with Gasteiger partial charge in [0, 0.05) is 0 Å². The fourth-order valence-corrected chi connectivity index (χ4v) is 1.11. The normalized spacial score (nSPS) is 8.83. The molecule has 0 aliphatic carbocycles. The molecule has 0 spiro atoms. The van der Waals surface area contributed by atoms with Gasteiger partial charge in [-0.25, -0.2) is 0 Å². The molecule has 0 aliphatic heterocycles. The molecule has 0 saturated carbocycles. The Hall–Kier alpha value is -1.20. The number of carbonyl (C=O) groups is 1. The highest BCUT2D eigenvalue weighted by Crippen LogP contribution is 2.12. The average molecular weight is 182 g/mol. The van der Waals surface area contributed by atoms with E-state index in [0.717, 1.165) is 6.29 Å². The van der Waals surface area contributed by atoms with Crippen LogP contribution in [0.25, 0.3) is 0 Å². The van der Waals surface area contributed by atoms with Crippen LogP contribution < -0.4 is 0 Å². The van der Waals surface area contributed by atoms with Crippen molar-refractivity contribution in [2.75, 3.05) is 0 Å². The molecule has 0 unspecified atom stereocenters. The number of nitrogens with zero attached hydrogens (tertiary/aromatic N) is 1. The Kier molecular flexibility index (Phi) is 2.95. The molecule has 1 aromatic rings. The Morgan fingerprint density at radius 3 is 3.00 bits per heavy atom. The third-order valence-electron chi connectivity index (χ3n) is 1.50. The lowest BCUT2D eigenvalue weighted by atomic mass is 10.4. The van der Waals surface area contributed by atoms with E-state index in [1.54, 1.807) is 23.6 Å². The summed E-state index contributed by atoms with van der Waals surface area (Å²) < 4.78 is 1.66. The number of rotatable bonds is 2. The highest BCUT2D eigenvalue weighted by Gasteiger charge is 2.02. The molecule has 0 atom stereocenters. The van der Waals surface area contributed by atoms with Gasteiger partial charge < -0.3 is 4.57 Å². The summed E-state index contributed by atoms with van der Waals surface area (Å²) >= 11 is 5.80. The molecular formula is C9H8ClNO. The van der Waals surface area contributed by atoms with Crippen molar-refractivity contribution in [1.82, 2.24) is 4.57 Å². The number of hydrogen-bond donors (Lipinski definition) is 0. The largest absolute Gasteiger partial charge is 0.318 e. The fourth-order valence-electron chi connectivity index (χ4n) is 0.885. The van der Waals surface area contributed by atoms with Crippen molar-refractivity contribution in [3.05, 3.63) is 23.0 Å². The molecule has 0 aliphatic rings. The summed E-state index contributed by atoms with van der Waals surface area (Å²) in [7, 11) is 0. The minimum Gasteiger partial charge on any atom is -0.318 e. The highest BCUT2D eigenvalue weighted by molar-refractivity contribution is 6.29. The van der Waals surface area contributed by atoms with Crippen LogP contribution in [0.15, 0.2) is 12.1 Å². The van der Waals surface area contributed by atoms with Gasteiger partial charge in [0.2, 0.25) is 0 Å². The van der Waals surface area contributed by atoms with Gasteiger partial charge in [0.25, 0.3) is 0 Å². The molecule has 0 saturated heterocycles. The highest BCUT2D eigenvalue weighted by atomic mass is 35.5. The van der Waals surface area contributed by atoms with E-state index in [1.165, 1.54) is 0 Å². The van der Waals surface area contributed by atoms with Crippen LogP contribution in [0, 0.1) is 11.8 Å². The Labute approximate surface area is 76.1 Å². The maximum atomic E-state index is 10.5. The fraction of sp³-hybridized carbons (Fsp3) is 0.222. The molecule has 0 amide bonds. The number of hydrogen-bond acceptors (Lipinski definition) is 1. The van der Waals surface area contributed by atoms with E-state index in [1.807, 2.05) is 0 Å². The van der Waals surface area contributed by atoms with Gasteiger partial charge in [0.15, 0.2) is 6.29 Å². The minimum atomic E-state index is 0.469. The topological polar surface area (TPSA) is 22.0 Å². The van der Waals surface area contributed by atoms with Gasteiger partial charge in [0.1, 0.15) is 5.15 Å². The number of aldehydes is 1.